The van der Waals surface area contributed by atoms with Crippen molar-refractivity contribution in [3.63, 3.8) is 0 Å². The van der Waals surface area contributed by atoms with Gasteiger partial charge in [0.1, 0.15) is 0 Å². The molecule has 0 saturated heterocycles. The summed E-state index contributed by atoms with van der Waals surface area (Å²) in [5, 5.41) is 0. The van der Waals surface area contributed by atoms with Crippen LogP contribution in [0.2, 0.25) is 0 Å². The van der Waals surface area contributed by atoms with Crippen molar-refractivity contribution in [3.8, 4) is 0 Å². The van der Waals surface area contributed by atoms with Gasteiger partial charge < -0.3 is 4.90 Å². The van der Waals surface area contributed by atoms with Crippen molar-refractivity contribution >= 4 is 12.1 Å². The van der Waals surface area contributed by atoms with Gasteiger partial charge in [0.25, 0.3) is 0 Å². The van der Waals surface area contributed by atoms with Crippen LogP contribution >= 0.6 is 0 Å². The molecule has 1 amide bonds. The summed E-state index contributed by atoms with van der Waals surface area (Å²) in [7, 11) is 0. The maximum atomic E-state index is 10.7. The van der Waals surface area contributed by atoms with E-state index in [0.717, 1.165) is 18.5 Å². The molecule has 2 heteroatoms. The molecule has 2 nitrogen and oxygen atoms in total. The van der Waals surface area contributed by atoms with Crippen LogP contribution in [-0.4, -0.2) is 12.5 Å². The second kappa shape index (κ2) is 3.60. The van der Waals surface area contributed by atoms with E-state index in [2.05, 4.69) is 0 Å². The second-order valence-corrected chi connectivity index (χ2v) is 3.38. The van der Waals surface area contributed by atoms with Gasteiger partial charge in [-0.2, -0.15) is 0 Å². The average Bonchev–Trinajstić information content (AvgIpc) is 2.12. The molecule has 0 heterocycles. The molecule has 0 bridgehead atoms. The van der Waals surface area contributed by atoms with E-state index >= 15 is 0 Å². The van der Waals surface area contributed by atoms with Crippen molar-refractivity contribution in [2.45, 2.75) is 25.3 Å². The van der Waals surface area contributed by atoms with E-state index in [1.54, 1.807) is 4.90 Å². The van der Waals surface area contributed by atoms with E-state index in [-0.39, 0.29) is 0 Å². The van der Waals surface area contributed by atoms with Gasteiger partial charge in [-0.05, 0) is 31.4 Å². The molecule has 1 aromatic carbocycles. The van der Waals surface area contributed by atoms with Gasteiger partial charge in [0.15, 0.2) is 0 Å². The minimum Gasteiger partial charge on any atom is -0.301 e. The fourth-order valence-corrected chi connectivity index (χ4v) is 1.57. The van der Waals surface area contributed by atoms with Gasteiger partial charge in [-0.1, -0.05) is 18.2 Å². The normalized spacial score (nSPS) is 16.3. The maximum absolute atomic E-state index is 10.7. The number of amides is 1. The summed E-state index contributed by atoms with van der Waals surface area (Å²) in [6.45, 7) is 0. The highest BCUT2D eigenvalue weighted by molar-refractivity contribution is 5.76. The van der Waals surface area contributed by atoms with Crippen molar-refractivity contribution in [1.82, 2.24) is 0 Å². The Morgan fingerprint density at radius 3 is 2.38 bits per heavy atom. The third-order valence-corrected chi connectivity index (χ3v) is 2.57. The van der Waals surface area contributed by atoms with Crippen LogP contribution in [0.25, 0.3) is 0 Å². The maximum Gasteiger partial charge on any atom is 0.317 e. The first-order chi connectivity index (χ1) is 6.42. The Labute approximate surface area is 78.2 Å². The number of hydrogen-bond donors (Lipinski definition) is 0. The molecule has 0 atom stereocenters. The molecule has 1 aliphatic carbocycles. The molecule has 0 aliphatic heterocycles. The molecule has 1 saturated carbocycles. The molecular formula is C11H12NO. The summed E-state index contributed by atoms with van der Waals surface area (Å²) >= 11 is 0. The Morgan fingerprint density at radius 2 is 1.92 bits per heavy atom. The summed E-state index contributed by atoms with van der Waals surface area (Å²) < 4.78 is 0. The third kappa shape index (κ3) is 1.57. The largest absolute Gasteiger partial charge is 0.317 e. The van der Waals surface area contributed by atoms with E-state index in [4.69, 9.17) is 0 Å². The number of nitrogens with zero attached hydrogens (tertiary/aromatic N) is 1. The lowest BCUT2D eigenvalue weighted by atomic mass is 9.91. The van der Waals surface area contributed by atoms with E-state index in [1.807, 2.05) is 36.7 Å². The Kier molecular flexibility index (Phi) is 2.30. The Hall–Kier alpha value is -1.31. The topological polar surface area (TPSA) is 20.3 Å². The fourth-order valence-electron chi connectivity index (χ4n) is 1.57. The Balaban J connectivity index is 2.16. The van der Waals surface area contributed by atoms with Crippen molar-refractivity contribution in [3.05, 3.63) is 30.3 Å². The summed E-state index contributed by atoms with van der Waals surface area (Å²) in [5.41, 5.74) is 0.960. The predicted molar refractivity (Wildman–Crippen MR) is 52.3 cm³/mol. The monoisotopic (exact) mass is 174 g/mol. The average molecular weight is 174 g/mol. The van der Waals surface area contributed by atoms with Gasteiger partial charge >= 0.3 is 6.41 Å². The lowest BCUT2D eigenvalue weighted by Gasteiger charge is -2.34. The molecule has 1 aliphatic rings. The number of rotatable bonds is 3. The lowest BCUT2D eigenvalue weighted by molar-refractivity contribution is 0.408. The van der Waals surface area contributed by atoms with Crippen molar-refractivity contribution in [2.24, 2.45) is 0 Å². The zero-order valence-corrected chi connectivity index (χ0v) is 7.44. The SMILES string of the molecule is O=[C]N(c1ccccc1)C1CCC1. The summed E-state index contributed by atoms with van der Waals surface area (Å²) in [6.07, 6.45) is 5.47. The molecule has 0 spiro atoms. The fraction of sp³-hybridized carbons (Fsp3) is 0.364. The van der Waals surface area contributed by atoms with Crippen molar-refractivity contribution in [1.29, 1.82) is 0 Å². The molecule has 0 N–H and O–H groups in total. The number of hydrogen-bond acceptors (Lipinski definition) is 1. The summed E-state index contributed by atoms with van der Waals surface area (Å²) in [5.74, 6) is 0. The van der Waals surface area contributed by atoms with E-state index in [1.165, 1.54) is 6.42 Å². The lowest BCUT2D eigenvalue weighted by Crippen LogP contribution is -2.39. The predicted octanol–water partition coefficient (Wildman–Crippen LogP) is 2.11. The van der Waals surface area contributed by atoms with Crippen LogP contribution in [-0.2, 0) is 4.79 Å². The van der Waals surface area contributed by atoms with Crippen molar-refractivity contribution in [2.75, 3.05) is 4.90 Å². The highest BCUT2D eigenvalue weighted by Crippen LogP contribution is 2.27. The van der Waals surface area contributed by atoms with Gasteiger partial charge in [-0.15, -0.1) is 0 Å². The number of anilines is 1. The first-order valence-electron chi connectivity index (χ1n) is 4.64. The van der Waals surface area contributed by atoms with Crippen LogP contribution < -0.4 is 4.90 Å². The highest BCUT2D eigenvalue weighted by atomic mass is 16.1. The van der Waals surface area contributed by atoms with Crippen LogP contribution in [0.5, 0.6) is 0 Å². The molecule has 0 unspecified atom stereocenters. The van der Waals surface area contributed by atoms with E-state index < -0.39 is 0 Å². The van der Waals surface area contributed by atoms with Gasteiger partial charge in [0, 0.05) is 11.7 Å². The molecule has 67 valence electrons. The van der Waals surface area contributed by atoms with Gasteiger partial charge in [0.05, 0.1) is 0 Å². The Morgan fingerprint density at radius 1 is 1.23 bits per heavy atom. The molecule has 13 heavy (non-hydrogen) atoms. The second-order valence-electron chi connectivity index (χ2n) is 3.38. The van der Waals surface area contributed by atoms with Crippen LogP contribution in [0, 0.1) is 0 Å². The minimum atomic E-state index is 0.389. The number of benzene rings is 1. The zero-order chi connectivity index (χ0) is 9.10. The van der Waals surface area contributed by atoms with Gasteiger partial charge in [-0.3, -0.25) is 4.79 Å². The molecule has 2 rings (SSSR count). The van der Waals surface area contributed by atoms with Crippen LogP contribution in [0.3, 0.4) is 0 Å². The quantitative estimate of drug-likeness (QED) is 0.643. The summed E-state index contributed by atoms with van der Waals surface area (Å²) in [4.78, 5) is 12.5. The summed E-state index contributed by atoms with van der Waals surface area (Å²) in [6, 6.07) is 10.1. The molecule has 0 aromatic heterocycles. The van der Waals surface area contributed by atoms with Crippen LogP contribution in [0.4, 0.5) is 5.69 Å². The standard InChI is InChI=1S/C11H12NO/c13-9-12(11-7-4-8-11)10-5-2-1-3-6-10/h1-3,5-6,11H,4,7-8H2. The van der Waals surface area contributed by atoms with E-state index in [9.17, 15) is 4.79 Å². The van der Waals surface area contributed by atoms with Crippen molar-refractivity contribution < 1.29 is 4.79 Å². The van der Waals surface area contributed by atoms with Gasteiger partial charge in [0.2, 0.25) is 0 Å². The number of carbonyl (C=O) groups excluding carboxylic acids is 1. The van der Waals surface area contributed by atoms with E-state index in [0.29, 0.717) is 6.04 Å². The number of para-hydroxylation sites is 1. The smallest absolute Gasteiger partial charge is 0.301 e. The van der Waals surface area contributed by atoms with Crippen LogP contribution in [0.15, 0.2) is 30.3 Å². The molecular weight excluding hydrogens is 162 g/mol. The van der Waals surface area contributed by atoms with Gasteiger partial charge in [-0.25, -0.2) is 0 Å². The highest BCUT2D eigenvalue weighted by Gasteiger charge is 2.25. The first kappa shape index (κ1) is 8.30. The minimum absolute atomic E-state index is 0.389. The zero-order valence-electron chi connectivity index (χ0n) is 7.44. The van der Waals surface area contributed by atoms with Crippen LogP contribution in [0.1, 0.15) is 19.3 Å². The first-order valence-corrected chi connectivity index (χ1v) is 4.64. The molecule has 1 fully saturated rings. The molecule has 1 radical (unpaired) electrons. The molecule has 1 aromatic rings. The third-order valence-electron chi connectivity index (χ3n) is 2.57. The Bertz CT molecular complexity index is 279.